The monoisotopic (exact) mass is 357 g/mol. The molecular weight excluding hydrogens is 334 g/mol. The van der Waals surface area contributed by atoms with Gasteiger partial charge in [-0.1, -0.05) is 0 Å². The summed E-state index contributed by atoms with van der Waals surface area (Å²) in [5.41, 5.74) is 3.19. The maximum absolute atomic E-state index is 12.4. The van der Waals surface area contributed by atoms with Gasteiger partial charge in [0.15, 0.2) is 0 Å². The fraction of sp³-hybridized carbons (Fsp3) is 0.400. The van der Waals surface area contributed by atoms with Crippen LogP contribution in [0, 0.1) is 20.8 Å². The second-order valence-corrected chi connectivity index (χ2v) is 6.55. The topological polar surface area (TPSA) is 92.7 Å². The highest BCUT2D eigenvalue weighted by atomic mass is 16.4. The van der Waals surface area contributed by atoms with Gasteiger partial charge in [0, 0.05) is 42.0 Å². The third-order valence-electron chi connectivity index (χ3n) is 4.84. The van der Waals surface area contributed by atoms with Crippen molar-refractivity contribution in [2.45, 2.75) is 40.0 Å². The lowest BCUT2D eigenvalue weighted by Gasteiger charge is -2.08. The number of aliphatic hydroxyl groups excluding tert-OH is 1. The summed E-state index contributed by atoms with van der Waals surface area (Å²) in [6, 6.07) is 3.74. The Morgan fingerprint density at radius 1 is 1.08 bits per heavy atom. The van der Waals surface area contributed by atoms with Crippen molar-refractivity contribution in [1.82, 2.24) is 5.32 Å². The average molecular weight is 357 g/mol. The van der Waals surface area contributed by atoms with Crippen LogP contribution in [0.1, 0.15) is 35.3 Å². The van der Waals surface area contributed by atoms with E-state index in [1.807, 2.05) is 26.8 Å². The van der Waals surface area contributed by atoms with E-state index in [2.05, 4.69) is 5.32 Å². The molecule has 6 nitrogen and oxygen atoms in total. The van der Waals surface area contributed by atoms with Crippen molar-refractivity contribution in [3.8, 4) is 0 Å². The van der Waals surface area contributed by atoms with Gasteiger partial charge in [0.05, 0.1) is 0 Å². The molecule has 0 aliphatic carbocycles. The summed E-state index contributed by atoms with van der Waals surface area (Å²) in [5.74, 6) is 0.698. The summed E-state index contributed by atoms with van der Waals surface area (Å²) < 4.78 is 11.2. The number of aryl methyl sites for hydroxylation is 3. The molecule has 0 bridgehead atoms. The lowest BCUT2D eigenvalue weighted by Crippen LogP contribution is -2.26. The minimum atomic E-state index is -0.419. The molecule has 0 aliphatic rings. The molecule has 2 heterocycles. The summed E-state index contributed by atoms with van der Waals surface area (Å²) >= 11 is 0. The molecule has 0 radical (unpaired) electrons. The van der Waals surface area contributed by atoms with Gasteiger partial charge in [-0.2, -0.15) is 0 Å². The number of carbonyl (C=O) groups excluding carboxylic acids is 1. The average Bonchev–Trinajstić information content (AvgIpc) is 2.87. The van der Waals surface area contributed by atoms with Crippen LogP contribution in [0.4, 0.5) is 0 Å². The summed E-state index contributed by atoms with van der Waals surface area (Å²) in [5, 5.41) is 13.3. The second kappa shape index (κ2) is 7.33. The first-order chi connectivity index (χ1) is 12.4. The molecule has 2 N–H and O–H groups in total. The summed E-state index contributed by atoms with van der Waals surface area (Å²) in [6.45, 7) is 6.25. The minimum Gasteiger partial charge on any atom is -0.461 e. The van der Waals surface area contributed by atoms with Crippen molar-refractivity contribution in [2.24, 2.45) is 0 Å². The van der Waals surface area contributed by atoms with Crippen LogP contribution in [0.3, 0.4) is 0 Å². The number of fused-ring (bicyclic) bond motifs is 2. The number of furan rings is 1. The molecule has 1 aromatic carbocycles. The Labute approximate surface area is 150 Å². The van der Waals surface area contributed by atoms with Crippen LogP contribution in [0.15, 0.2) is 25.8 Å². The second-order valence-electron chi connectivity index (χ2n) is 6.55. The Balaban J connectivity index is 1.93. The fourth-order valence-electron chi connectivity index (χ4n) is 3.15. The first-order valence-electron chi connectivity index (χ1n) is 8.76. The third-order valence-corrected chi connectivity index (χ3v) is 4.84. The highest BCUT2D eigenvalue weighted by Gasteiger charge is 2.16. The van der Waals surface area contributed by atoms with Gasteiger partial charge in [-0.3, -0.25) is 4.79 Å². The molecule has 0 aliphatic heterocycles. The fourth-order valence-corrected chi connectivity index (χ4v) is 3.15. The summed E-state index contributed by atoms with van der Waals surface area (Å²) in [7, 11) is 0. The van der Waals surface area contributed by atoms with E-state index >= 15 is 0 Å². The van der Waals surface area contributed by atoms with Crippen LogP contribution in [-0.2, 0) is 11.2 Å². The number of amides is 1. The van der Waals surface area contributed by atoms with Gasteiger partial charge in [0.25, 0.3) is 0 Å². The number of nitrogens with one attached hydrogen (secondary N) is 1. The quantitative estimate of drug-likeness (QED) is 0.523. The van der Waals surface area contributed by atoms with Crippen molar-refractivity contribution in [3.05, 3.63) is 45.0 Å². The maximum Gasteiger partial charge on any atom is 0.339 e. The Morgan fingerprint density at radius 2 is 1.77 bits per heavy atom. The lowest BCUT2D eigenvalue weighted by molar-refractivity contribution is -0.121. The molecule has 0 fully saturated rings. The number of carbonyl (C=O) groups is 1. The Bertz CT molecular complexity index is 1030. The molecule has 0 saturated carbocycles. The van der Waals surface area contributed by atoms with E-state index < -0.39 is 5.63 Å². The van der Waals surface area contributed by atoms with Gasteiger partial charge in [-0.25, -0.2) is 4.79 Å². The van der Waals surface area contributed by atoms with Gasteiger partial charge in [-0.15, -0.1) is 0 Å². The molecule has 2 aromatic heterocycles. The highest BCUT2D eigenvalue weighted by Crippen LogP contribution is 2.31. The van der Waals surface area contributed by atoms with E-state index in [1.165, 1.54) is 0 Å². The predicted octanol–water partition coefficient (Wildman–Crippen LogP) is 2.90. The van der Waals surface area contributed by atoms with E-state index in [1.54, 1.807) is 6.07 Å². The van der Waals surface area contributed by atoms with Gasteiger partial charge in [-0.05, 0) is 50.8 Å². The number of hydrogen-bond donors (Lipinski definition) is 2. The predicted molar refractivity (Wildman–Crippen MR) is 99.5 cm³/mol. The van der Waals surface area contributed by atoms with Gasteiger partial charge >= 0.3 is 5.63 Å². The summed E-state index contributed by atoms with van der Waals surface area (Å²) in [4.78, 5) is 24.2. The number of rotatable bonds is 6. The standard InChI is InChI=1S/C20H23NO5/c1-11-13(3)25-17-10-18-16(9-15(11)17)12(2)14(20(24)26-18)5-6-19(23)21-7-4-8-22/h9-10,22H,4-8H2,1-3H3,(H,21,23). The SMILES string of the molecule is Cc1oc2cc3oc(=O)c(CCC(=O)NCCCO)c(C)c3cc2c1C. The van der Waals surface area contributed by atoms with Crippen LogP contribution >= 0.6 is 0 Å². The first-order valence-corrected chi connectivity index (χ1v) is 8.76. The molecule has 6 heteroatoms. The molecular formula is C20H23NO5. The molecule has 138 valence electrons. The maximum atomic E-state index is 12.4. The van der Waals surface area contributed by atoms with E-state index in [4.69, 9.17) is 13.9 Å². The van der Waals surface area contributed by atoms with E-state index in [-0.39, 0.29) is 18.9 Å². The molecule has 1 amide bonds. The van der Waals surface area contributed by atoms with E-state index in [9.17, 15) is 9.59 Å². The smallest absolute Gasteiger partial charge is 0.339 e. The molecule has 26 heavy (non-hydrogen) atoms. The molecule has 0 atom stereocenters. The largest absolute Gasteiger partial charge is 0.461 e. The molecule has 0 spiro atoms. The zero-order chi connectivity index (χ0) is 18.8. The lowest BCUT2D eigenvalue weighted by atomic mass is 10.0. The van der Waals surface area contributed by atoms with Gasteiger partial charge in [0.2, 0.25) is 5.91 Å². The molecule has 0 saturated heterocycles. The minimum absolute atomic E-state index is 0.0367. The zero-order valence-corrected chi connectivity index (χ0v) is 15.3. The molecule has 3 aromatic rings. The van der Waals surface area contributed by atoms with Crippen LogP contribution in [0.2, 0.25) is 0 Å². The third kappa shape index (κ3) is 3.37. The van der Waals surface area contributed by atoms with E-state index in [0.29, 0.717) is 36.1 Å². The Morgan fingerprint density at radius 3 is 2.50 bits per heavy atom. The van der Waals surface area contributed by atoms with Crippen molar-refractivity contribution in [3.63, 3.8) is 0 Å². The Hall–Kier alpha value is -2.60. The van der Waals surface area contributed by atoms with Crippen LogP contribution in [-0.4, -0.2) is 24.2 Å². The van der Waals surface area contributed by atoms with Gasteiger partial charge in [0.1, 0.15) is 16.9 Å². The number of aliphatic hydroxyl groups is 1. The van der Waals surface area contributed by atoms with Crippen molar-refractivity contribution < 1.29 is 18.7 Å². The van der Waals surface area contributed by atoms with Crippen LogP contribution in [0.5, 0.6) is 0 Å². The van der Waals surface area contributed by atoms with Crippen LogP contribution < -0.4 is 10.9 Å². The molecule has 0 unspecified atom stereocenters. The number of benzene rings is 1. The number of hydrogen-bond acceptors (Lipinski definition) is 5. The Kier molecular flexibility index (Phi) is 5.13. The van der Waals surface area contributed by atoms with Crippen molar-refractivity contribution >= 4 is 27.8 Å². The van der Waals surface area contributed by atoms with E-state index in [0.717, 1.165) is 27.7 Å². The van der Waals surface area contributed by atoms with Crippen molar-refractivity contribution in [2.75, 3.05) is 13.2 Å². The first kappa shape index (κ1) is 18.2. The molecule has 3 rings (SSSR count). The van der Waals surface area contributed by atoms with Crippen LogP contribution in [0.25, 0.3) is 21.9 Å². The van der Waals surface area contributed by atoms with Gasteiger partial charge < -0.3 is 19.3 Å². The van der Waals surface area contributed by atoms with Crippen molar-refractivity contribution in [1.29, 1.82) is 0 Å². The normalized spacial score (nSPS) is 11.4. The highest BCUT2D eigenvalue weighted by molar-refractivity contribution is 5.96. The zero-order valence-electron chi connectivity index (χ0n) is 15.3. The summed E-state index contributed by atoms with van der Waals surface area (Å²) in [6.07, 6.45) is 1.04.